The standard InChI is InChI=1S/C29H35N3O4S/c1-5-23(3)30-29(34)24(4)31(20-25-12-8-6-9-13-25)28(33)21-32(26-18-16-22(2)17-19-26)37(35,36)27-14-10-7-11-15-27/h6-19,23-24H,5,20-21H2,1-4H3,(H,30,34)/t23-,24+/m1/s1. The fourth-order valence-corrected chi connectivity index (χ4v) is 5.22. The van der Waals surface area contributed by atoms with Gasteiger partial charge in [-0.25, -0.2) is 8.42 Å². The van der Waals surface area contributed by atoms with Crippen LogP contribution in [-0.4, -0.2) is 43.8 Å². The van der Waals surface area contributed by atoms with E-state index in [-0.39, 0.29) is 23.4 Å². The second kappa shape index (κ2) is 12.5. The van der Waals surface area contributed by atoms with Crippen LogP contribution in [0.5, 0.6) is 0 Å². The zero-order valence-corrected chi connectivity index (χ0v) is 22.6. The van der Waals surface area contributed by atoms with Crippen molar-refractivity contribution < 1.29 is 18.0 Å². The summed E-state index contributed by atoms with van der Waals surface area (Å²) in [5.74, 6) is -0.762. The Bertz CT molecular complexity index is 1280. The quantitative estimate of drug-likeness (QED) is 0.402. The Kier molecular flexibility index (Phi) is 9.47. The van der Waals surface area contributed by atoms with Crippen LogP contribution in [-0.2, 0) is 26.2 Å². The molecule has 0 aliphatic carbocycles. The van der Waals surface area contributed by atoms with Crippen LogP contribution < -0.4 is 9.62 Å². The van der Waals surface area contributed by atoms with Gasteiger partial charge in [-0.15, -0.1) is 0 Å². The second-order valence-corrected chi connectivity index (χ2v) is 11.0. The van der Waals surface area contributed by atoms with Gasteiger partial charge in [-0.05, 0) is 57.0 Å². The summed E-state index contributed by atoms with van der Waals surface area (Å²) < 4.78 is 28.5. The molecule has 3 aromatic carbocycles. The topological polar surface area (TPSA) is 86.8 Å². The number of rotatable bonds is 11. The minimum atomic E-state index is -4.05. The molecule has 3 rings (SSSR count). The molecule has 8 heteroatoms. The summed E-state index contributed by atoms with van der Waals surface area (Å²) in [6.07, 6.45) is 0.752. The third-order valence-corrected chi connectivity index (χ3v) is 8.08. The summed E-state index contributed by atoms with van der Waals surface area (Å²) >= 11 is 0. The van der Waals surface area contributed by atoms with Crippen LogP contribution >= 0.6 is 0 Å². The number of aryl methyl sites for hydroxylation is 1. The molecule has 7 nitrogen and oxygen atoms in total. The molecule has 0 fully saturated rings. The van der Waals surface area contributed by atoms with Crippen LogP contribution in [0.1, 0.15) is 38.3 Å². The summed E-state index contributed by atoms with van der Waals surface area (Å²) in [4.78, 5) is 28.4. The molecular formula is C29H35N3O4S. The maximum Gasteiger partial charge on any atom is 0.264 e. The van der Waals surface area contributed by atoms with E-state index in [1.54, 1.807) is 49.4 Å². The first-order valence-electron chi connectivity index (χ1n) is 12.4. The highest BCUT2D eigenvalue weighted by Gasteiger charge is 2.32. The number of carbonyl (C=O) groups is 2. The summed E-state index contributed by atoms with van der Waals surface area (Å²) in [5, 5.41) is 2.93. The van der Waals surface area contributed by atoms with E-state index in [0.29, 0.717) is 5.69 Å². The zero-order chi connectivity index (χ0) is 27.0. The Morgan fingerprint density at radius 1 is 0.865 bits per heavy atom. The van der Waals surface area contributed by atoms with Gasteiger partial charge in [0.2, 0.25) is 11.8 Å². The Balaban J connectivity index is 1.99. The van der Waals surface area contributed by atoms with Gasteiger partial charge in [0.05, 0.1) is 10.6 Å². The van der Waals surface area contributed by atoms with Crippen LogP contribution in [0.3, 0.4) is 0 Å². The first kappa shape index (κ1) is 27.9. The van der Waals surface area contributed by atoms with Crippen LogP contribution in [0.25, 0.3) is 0 Å². The van der Waals surface area contributed by atoms with Crippen molar-refractivity contribution in [3.8, 4) is 0 Å². The number of amides is 2. The third-order valence-electron chi connectivity index (χ3n) is 6.30. The zero-order valence-electron chi connectivity index (χ0n) is 21.8. The van der Waals surface area contributed by atoms with Crippen LogP contribution in [0.4, 0.5) is 5.69 Å². The number of benzene rings is 3. The first-order chi connectivity index (χ1) is 17.6. The van der Waals surface area contributed by atoms with Crippen LogP contribution in [0, 0.1) is 6.92 Å². The molecule has 0 radical (unpaired) electrons. The van der Waals surface area contributed by atoms with Crippen molar-refractivity contribution in [3.05, 3.63) is 96.1 Å². The van der Waals surface area contributed by atoms with Crippen molar-refractivity contribution in [2.75, 3.05) is 10.8 Å². The molecule has 0 aromatic heterocycles. The normalized spacial score (nSPS) is 12.9. The number of sulfonamides is 1. The molecule has 3 aromatic rings. The number of nitrogens with one attached hydrogen (secondary N) is 1. The van der Waals surface area contributed by atoms with E-state index >= 15 is 0 Å². The van der Waals surface area contributed by atoms with Gasteiger partial charge in [0, 0.05) is 12.6 Å². The average molecular weight is 522 g/mol. The van der Waals surface area contributed by atoms with E-state index in [9.17, 15) is 18.0 Å². The number of hydrogen-bond donors (Lipinski definition) is 1. The maximum absolute atomic E-state index is 13.8. The second-order valence-electron chi connectivity index (χ2n) is 9.16. The van der Waals surface area contributed by atoms with Gasteiger partial charge in [0.15, 0.2) is 0 Å². The molecule has 0 saturated heterocycles. The molecular weight excluding hydrogens is 486 g/mol. The fraction of sp³-hybridized carbons (Fsp3) is 0.310. The van der Waals surface area contributed by atoms with Gasteiger partial charge in [-0.1, -0.05) is 73.2 Å². The molecule has 1 N–H and O–H groups in total. The highest BCUT2D eigenvalue weighted by molar-refractivity contribution is 7.92. The minimum Gasteiger partial charge on any atom is -0.352 e. The summed E-state index contributed by atoms with van der Waals surface area (Å²) in [7, 11) is -4.05. The Labute approximate surface area is 220 Å². The van der Waals surface area contributed by atoms with Crippen molar-refractivity contribution in [2.24, 2.45) is 0 Å². The maximum atomic E-state index is 13.8. The predicted molar refractivity (Wildman–Crippen MR) is 147 cm³/mol. The average Bonchev–Trinajstić information content (AvgIpc) is 2.91. The fourth-order valence-electron chi connectivity index (χ4n) is 3.79. The molecule has 0 heterocycles. The van der Waals surface area contributed by atoms with Crippen molar-refractivity contribution in [1.29, 1.82) is 0 Å². The van der Waals surface area contributed by atoms with E-state index in [4.69, 9.17) is 0 Å². The monoisotopic (exact) mass is 521 g/mol. The molecule has 0 saturated carbocycles. The number of hydrogen-bond acceptors (Lipinski definition) is 4. The van der Waals surface area contributed by atoms with E-state index < -0.39 is 28.5 Å². The Morgan fingerprint density at radius 3 is 2.00 bits per heavy atom. The van der Waals surface area contributed by atoms with Gasteiger partial charge in [-0.2, -0.15) is 0 Å². The number of nitrogens with zero attached hydrogens (tertiary/aromatic N) is 2. The molecule has 0 unspecified atom stereocenters. The van der Waals surface area contributed by atoms with Crippen molar-refractivity contribution in [3.63, 3.8) is 0 Å². The molecule has 196 valence electrons. The molecule has 2 atom stereocenters. The molecule has 0 aliphatic heterocycles. The minimum absolute atomic E-state index is 0.0499. The van der Waals surface area contributed by atoms with Crippen molar-refractivity contribution in [2.45, 2.75) is 57.6 Å². The van der Waals surface area contributed by atoms with E-state index in [0.717, 1.165) is 21.9 Å². The van der Waals surface area contributed by atoms with E-state index in [1.807, 2.05) is 51.1 Å². The summed E-state index contributed by atoms with van der Waals surface area (Å²) in [6.45, 7) is 7.16. The molecule has 0 bridgehead atoms. The van der Waals surface area contributed by atoms with Crippen LogP contribution in [0.2, 0.25) is 0 Å². The largest absolute Gasteiger partial charge is 0.352 e. The van der Waals surface area contributed by atoms with Gasteiger partial charge in [-0.3, -0.25) is 13.9 Å². The molecule has 37 heavy (non-hydrogen) atoms. The number of anilines is 1. The molecule has 0 aliphatic rings. The SMILES string of the molecule is CC[C@@H](C)NC(=O)[C@H](C)N(Cc1ccccc1)C(=O)CN(c1ccc(C)cc1)S(=O)(=O)c1ccccc1. The highest BCUT2D eigenvalue weighted by atomic mass is 32.2. The third kappa shape index (κ3) is 7.20. The van der Waals surface area contributed by atoms with Gasteiger partial charge in [0.1, 0.15) is 12.6 Å². The summed E-state index contributed by atoms with van der Waals surface area (Å²) in [5.41, 5.74) is 2.18. The van der Waals surface area contributed by atoms with Crippen LogP contribution in [0.15, 0.2) is 89.8 Å². The Hall–Kier alpha value is -3.65. The molecule has 2 amide bonds. The van der Waals surface area contributed by atoms with Gasteiger partial charge in [0.25, 0.3) is 10.0 Å². The number of carbonyl (C=O) groups excluding carboxylic acids is 2. The van der Waals surface area contributed by atoms with Crippen molar-refractivity contribution in [1.82, 2.24) is 10.2 Å². The smallest absolute Gasteiger partial charge is 0.264 e. The Morgan fingerprint density at radius 2 is 1.43 bits per heavy atom. The van der Waals surface area contributed by atoms with E-state index in [1.165, 1.54) is 17.0 Å². The lowest BCUT2D eigenvalue weighted by Gasteiger charge is -2.32. The first-order valence-corrected chi connectivity index (χ1v) is 13.9. The highest BCUT2D eigenvalue weighted by Crippen LogP contribution is 2.25. The summed E-state index contributed by atoms with van der Waals surface area (Å²) in [6, 6.07) is 23.5. The molecule has 0 spiro atoms. The van der Waals surface area contributed by atoms with Gasteiger partial charge < -0.3 is 10.2 Å². The van der Waals surface area contributed by atoms with Gasteiger partial charge >= 0.3 is 0 Å². The lowest BCUT2D eigenvalue weighted by molar-refractivity contribution is -0.139. The predicted octanol–water partition coefficient (Wildman–Crippen LogP) is 4.52. The van der Waals surface area contributed by atoms with Crippen molar-refractivity contribution >= 4 is 27.5 Å². The lowest BCUT2D eigenvalue weighted by atomic mass is 10.1. The van der Waals surface area contributed by atoms with E-state index in [2.05, 4.69) is 5.32 Å². The lowest BCUT2D eigenvalue weighted by Crippen LogP contribution is -2.52.